The topological polar surface area (TPSA) is 188 Å². The molecule has 3 fully saturated rings. The number of aromatic hydroxyl groups is 1. The number of hydrogen-bond acceptors (Lipinski definition) is 10. The Morgan fingerprint density at radius 1 is 1.01 bits per heavy atom. The molecule has 8 rings (SSSR count). The van der Waals surface area contributed by atoms with Crippen LogP contribution in [0.1, 0.15) is 96.9 Å². The Morgan fingerprint density at radius 3 is 2.49 bits per heavy atom. The van der Waals surface area contributed by atoms with Crippen molar-refractivity contribution in [1.29, 1.82) is 0 Å². The first-order valence-corrected chi connectivity index (χ1v) is 24.2. The van der Waals surface area contributed by atoms with Crippen molar-refractivity contribution in [2.75, 3.05) is 39.8 Å². The first kappa shape index (κ1) is 47.7. The van der Waals surface area contributed by atoms with Crippen LogP contribution in [0, 0.1) is 17.3 Å². The number of rotatable bonds is 9. The summed E-state index contributed by atoms with van der Waals surface area (Å²) < 4.78 is 8.46. The number of pyridine rings is 1. The van der Waals surface area contributed by atoms with Gasteiger partial charge in [0.15, 0.2) is 0 Å². The molecule has 67 heavy (non-hydrogen) atoms. The molecule has 3 saturated heterocycles. The van der Waals surface area contributed by atoms with Gasteiger partial charge in [-0.3, -0.25) is 34.0 Å². The third-order valence-corrected chi connectivity index (χ3v) is 13.9. The number of nitrogens with zero attached hydrogens (tertiary/aromatic N) is 5. The molecule has 0 unspecified atom stereocenters. The lowest BCUT2D eigenvalue weighted by Gasteiger charge is -2.38. The number of esters is 1. The predicted octanol–water partition coefficient (Wildman–Crippen LogP) is 5.56. The van der Waals surface area contributed by atoms with Crippen LogP contribution in [0.3, 0.4) is 0 Å². The number of carbonyl (C=O) groups excluding carboxylic acids is 5. The van der Waals surface area contributed by atoms with E-state index in [2.05, 4.69) is 73.4 Å². The summed E-state index contributed by atoms with van der Waals surface area (Å²) in [6, 6.07) is 12.6. The standard InChI is InChI=1S/C52H68N8O7/c1-9-59-43-17-16-33-25-38(43)39(46(59)37-14-10-18-53-44(37)30(2)3)26-52(6,7)29-67-51(66)40-15-12-20-60(56-40)50(65)41(23-32-21-35(33)24-36(61)22-32)55-47(62)45(31(4)5)57(8)48(63)34-13-11-19-58(28-34)49(64)42-27-54-42/h10,14,16-18,21-22,24-25,30-31,34,40-42,45,54,56,61H,9,11-13,15,19-20,23,26-29H2,1-8H3,(H,55,62)/t34-,40-,41-,42+,45-/m0/s1. The molecule has 4 N–H and O–H groups in total. The number of likely N-dealkylation sites (tertiary alicyclic amines) is 1. The number of benzene rings is 2. The van der Waals surface area contributed by atoms with Crippen LogP contribution in [-0.4, -0.2) is 123 Å². The van der Waals surface area contributed by atoms with Gasteiger partial charge in [0, 0.05) is 74.3 Å². The molecule has 2 aromatic carbocycles. The highest BCUT2D eigenvalue weighted by atomic mass is 16.5. The number of aryl methyl sites for hydroxylation is 1. The molecule has 4 aliphatic rings. The van der Waals surface area contributed by atoms with Crippen molar-refractivity contribution in [3.63, 3.8) is 0 Å². The Balaban J connectivity index is 1.17. The largest absolute Gasteiger partial charge is 0.508 e. The van der Waals surface area contributed by atoms with Gasteiger partial charge >= 0.3 is 5.97 Å². The molecule has 6 heterocycles. The average Bonchev–Trinajstić information content (AvgIpc) is 4.12. The lowest BCUT2D eigenvalue weighted by Crippen LogP contribution is -2.62. The molecule has 15 heteroatoms. The summed E-state index contributed by atoms with van der Waals surface area (Å²) in [4.78, 5) is 78.5. The fourth-order valence-corrected chi connectivity index (χ4v) is 10.5. The van der Waals surface area contributed by atoms with Crippen molar-refractivity contribution in [3.05, 3.63) is 71.5 Å². The van der Waals surface area contributed by atoms with Crippen LogP contribution in [0.2, 0.25) is 0 Å². The van der Waals surface area contributed by atoms with E-state index in [1.807, 2.05) is 38.2 Å². The van der Waals surface area contributed by atoms with E-state index < -0.39 is 47.2 Å². The number of nitrogens with one attached hydrogen (secondary N) is 3. The molecule has 4 aliphatic heterocycles. The fourth-order valence-electron chi connectivity index (χ4n) is 10.5. The maximum absolute atomic E-state index is 14.8. The molecule has 4 aromatic rings. The number of aromatic nitrogens is 2. The summed E-state index contributed by atoms with van der Waals surface area (Å²) in [6.07, 6.45) is 4.69. The van der Waals surface area contributed by atoms with E-state index in [1.54, 1.807) is 24.1 Å². The van der Waals surface area contributed by atoms with Gasteiger partial charge < -0.3 is 34.8 Å². The van der Waals surface area contributed by atoms with Crippen LogP contribution >= 0.6 is 0 Å². The maximum Gasteiger partial charge on any atom is 0.324 e. The van der Waals surface area contributed by atoms with Gasteiger partial charge in [-0.1, -0.05) is 53.7 Å². The molecule has 0 aliphatic carbocycles. The average molecular weight is 917 g/mol. The van der Waals surface area contributed by atoms with Gasteiger partial charge in [-0.05, 0) is 110 Å². The van der Waals surface area contributed by atoms with E-state index in [0.29, 0.717) is 63.8 Å². The van der Waals surface area contributed by atoms with Crippen molar-refractivity contribution >= 4 is 40.5 Å². The molecule has 4 amide bonds. The van der Waals surface area contributed by atoms with Crippen molar-refractivity contribution in [3.8, 4) is 28.1 Å². The van der Waals surface area contributed by atoms with Crippen molar-refractivity contribution in [2.45, 2.75) is 124 Å². The number of amides is 4. The van der Waals surface area contributed by atoms with Gasteiger partial charge in [0.1, 0.15) is 23.9 Å². The Hall–Kier alpha value is -5.80. The first-order valence-electron chi connectivity index (χ1n) is 24.2. The summed E-state index contributed by atoms with van der Waals surface area (Å²) in [5.41, 5.74) is 10.1. The molecular formula is C52H68N8O7. The Labute approximate surface area is 394 Å². The number of fused-ring (bicyclic) bond motifs is 6. The van der Waals surface area contributed by atoms with Gasteiger partial charge in [-0.2, -0.15) is 0 Å². The molecule has 15 nitrogen and oxygen atoms in total. The Morgan fingerprint density at radius 2 is 1.78 bits per heavy atom. The van der Waals surface area contributed by atoms with E-state index in [0.717, 1.165) is 44.5 Å². The van der Waals surface area contributed by atoms with E-state index in [1.165, 1.54) is 9.91 Å². The third kappa shape index (κ3) is 10.1. The second-order valence-corrected chi connectivity index (χ2v) is 20.5. The summed E-state index contributed by atoms with van der Waals surface area (Å²) in [6.45, 7) is 17.0. The number of ether oxygens (including phenoxy) is 1. The van der Waals surface area contributed by atoms with Crippen LogP contribution in [0.15, 0.2) is 54.7 Å². The Kier molecular flexibility index (Phi) is 13.8. The van der Waals surface area contributed by atoms with Gasteiger partial charge in [-0.15, -0.1) is 0 Å². The maximum atomic E-state index is 14.8. The quantitative estimate of drug-likeness (QED) is 0.122. The highest BCUT2D eigenvalue weighted by molar-refractivity contribution is 5.96. The van der Waals surface area contributed by atoms with Gasteiger partial charge in [0.05, 0.1) is 30.0 Å². The minimum Gasteiger partial charge on any atom is -0.508 e. The summed E-state index contributed by atoms with van der Waals surface area (Å²) in [5.74, 6) is -2.28. The lowest BCUT2D eigenvalue weighted by atomic mass is 9.83. The number of phenolic OH excluding ortho intramolecular Hbond substituents is 1. The summed E-state index contributed by atoms with van der Waals surface area (Å²) in [5, 5.41) is 19.9. The third-order valence-electron chi connectivity index (χ3n) is 13.9. The van der Waals surface area contributed by atoms with E-state index in [-0.39, 0.29) is 55.0 Å². The molecule has 5 atom stereocenters. The number of likely N-dealkylation sites (N-methyl/N-ethyl adjacent to an activating group) is 1. The van der Waals surface area contributed by atoms with Crippen LogP contribution in [0.5, 0.6) is 5.75 Å². The molecule has 0 spiro atoms. The van der Waals surface area contributed by atoms with Crippen LogP contribution in [0.4, 0.5) is 0 Å². The van der Waals surface area contributed by atoms with E-state index >= 15 is 0 Å². The lowest BCUT2D eigenvalue weighted by molar-refractivity contribution is -0.155. The van der Waals surface area contributed by atoms with Gasteiger partial charge in [-0.25, -0.2) is 5.43 Å². The minimum absolute atomic E-state index is 0.000266. The Bertz CT molecular complexity index is 2550. The monoisotopic (exact) mass is 917 g/mol. The zero-order valence-corrected chi connectivity index (χ0v) is 40.4. The zero-order chi connectivity index (χ0) is 47.9. The molecule has 0 radical (unpaired) electrons. The molecule has 0 saturated carbocycles. The summed E-state index contributed by atoms with van der Waals surface area (Å²) in [7, 11) is 1.62. The summed E-state index contributed by atoms with van der Waals surface area (Å²) >= 11 is 0. The minimum atomic E-state index is -1.15. The molecular weight excluding hydrogens is 849 g/mol. The number of cyclic esters (lactones) is 1. The van der Waals surface area contributed by atoms with Crippen molar-refractivity contribution in [1.82, 2.24) is 40.4 Å². The highest BCUT2D eigenvalue weighted by Gasteiger charge is 2.41. The molecule has 2 aromatic heterocycles. The van der Waals surface area contributed by atoms with Crippen LogP contribution < -0.4 is 16.1 Å². The molecule has 358 valence electrons. The molecule has 6 bridgehead atoms. The number of hydrogen-bond donors (Lipinski definition) is 4. The van der Waals surface area contributed by atoms with Gasteiger partial charge in [0.2, 0.25) is 17.7 Å². The SMILES string of the molecule is CCn1c(-c2cccnc2C(C)C)c2c3cc(ccc31)-c1cc(O)cc(c1)C[C@H](NC(=O)[C@H](C(C)C)N(C)C(=O)[C@H]1CCCN(C(=O)[C@H]3CN3)C1)C(=O)N1CCC[C@H](N1)C(=O)OCC(C)(C)C2. The highest BCUT2D eigenvalue weighted by Crippen LogP contribution is 2.42. The zero-order valence-electron chi connectivity index (χ0n) is 40.4. The number of piperidine rings is 1. The predicted molar refractivity (Wildman–Crippen MR) is 256 cm³/mol. The van der Waals surface area contributed by atoms with E-state index in [9.17, 15) is 29.1 Å². The second kappa shape index (κ2) is 19.4. The van der Waals surface area contributed by atoms with Crippen LogP contribution in [0.25, 0.3) is 33.3 Å². The fraction of sp³-hybridized carbons (Fsp3) is 0.538. The normalized spacial score (nSPS) is 22.6. The van der Waals surface area contributed by atoms with Gasteiger partial charge in [0.25, 0.3) is 5.91 Å². The number of hydrazine groups is 1. The second-order valence-electron chi connectivity index (χ2n) is 20.5. The smallest absolute Gasteiger partial charge is 0.324 e. The van der Waals surface area contributed by atoms with E-state index in [4.69, 9.17) is 9.72 Å². The number of phenols is 1. The number of carbonyl (C=O) groups is 5. The van der Waals surface area contributed by atoms with Crippen molar-refractivity contribution in [2.24, 2.45) is 17.3 Å². The van der Waals surface area contributed by atoms with Crippen molar-refractivity contribution < 1.29 is 33.8 Å². The first-order chi connectivity index (χ1) is 31.9. The van der Waals surface area contributed by atoms with Crippen LogP contribution in [-0.2, 0) is 48.1 Å².